The van der Waals surface area contributed by atoms with Crippen LogP contribution in [0.15, 0.2) is 0 Å². The third-order valence-corrected chi connectivity index (χ3v) is 4.12. The Hall–Kier alpha value is -0.610. The van der Waals surface area contributed by atoms with E-state index >= 15 is 0 Å². The normalized spacial score (nSPS) is 16.8. The van der Waals surface area contributed by atoms with Crippen molar-refractivity contribution in [1.82, 2.24) is 0 Å². The highest BCUT2D eigenvalue weighted by Crippen LogP contribution is 2.20. The molecule has 0 fully saturated rings. The molecular weight excluding hydrogens is 278 g/mol. The molecule has 4 atom stereocenters. The molecule has 4 unspecified atom stereocenters. The Morgan fingerprint density at radius 2 is 1.59 bits per heavy atom. The van der Waals surface area contributed by atoms with Crippen LogP contribution in [-0.4, -0.2) is 24.9 Å². The van der Waals surface area contributed by atoms with Crippen molar-refractivity contribution in [2.24, 2.45) is 17.1 Å². The number of carbonyl (C=O) groups is 1. The van der Waals surface area contributed by atoms with Gasteiger partial charge in [0.05, 0.1) is 6.10 Å². The molecule has 4 heteroatoms. The van der Waals surface area contributed by atoms with Crippen LogP contribution in [0.1, 0.15) is 81.1 Å². The fourth-order valence-electron chi connectivity index (χ4n) is 1.78. The Balaban J connectivity index is 0. The molecule has 0 aliphatic heterocycles. The van der Waals surface area contributed by atoms with Gasteiger partial charge in [0.15, 0.2) is 0 Å². The van der Waals surface area contributed by atoms with E-state index in [1.165, 1.54) is 0 Å². The van der Waals surface area contributed by atoms with Gasteiger partial charge in [0, 0.05) is 12.5 Å². The SMILES string of the molecule is CC(N)C(C)(C)C.CCCC(CC)C(C)OC(CC)OC=O. The maximum Gasteiger partial charge on any atom is 0.295 e. The summed E-state index contributed by atoms with van der Waals surface area (Å²) in [7, 11) is 0. The first-order chi connectivity index (χ1) is 10.1. The van der Waals surface area contributed by atoms with Gasteiger partial charge in [-0.1, -0.05) is 54.4 Å². The van der Waals surface area contributed by atoms with Crippen molar-refractivity contribution in [2.75, 3.05) is 0 Å². The van der Waals surface area contributed by atoms with Gasteiger partial charge in [0.1, 0.15) is 0 Å². The van der Waals surface area contributed by atoms with Crippen LogP contribution in [0.25, 0.3) is 0 Å². The molecule has 22 heavy (non-hydrogen) atoms. The average molecular weight is 318 g/mol. The maximum atomic E-state index is 10.2. The first kappa shape index (κ1) is 23.7. The predicted molar refractivity (Wildman–Crippen MR) is 93.6 cm³/mol. The van der Waals surface area contributed by atoms with E-state index in [2.05, 4.69) is 41.5 Å². The van der Waals surface area contributed by atoms with Crippen molar-refractivity contribution in [3.8, 4) is 0 Å². The van der Waals surface area contributed by atoms with E-state index in [0.717, 1.165) is 19.3 Å². The van der Waals surface area contributed by atoms with E-state index in [4.69, 9.17) is 15.2 Å². The Labute approximate surface area is 138 Å². The number of nitrogens with two attached hydrogens (primary N) is 1. The van der Waals surface area contributed by atoms with Crippen molar-refractivity contribution in [3.63, 3.8) is 0 Å². The molecule has 2 N–H and O–H groups in total. The minimum Gasteiger partial charge on any atom is -0.438 e. The lowest BCUT2D eigenvalue weighted by Crippen LogP contribution is -2.31. The van der Waals surface area contributed by atoms with E-state index in [0.29, 0.717) is 24.9 Å². The highest BCUT2D eigenvalue weighted by molar-refractivity contribution is 5.37. The van der Waals surface area contributed by atoms with Gasteiger partial charge < -0.3 is 15.2 Å². The van der Waals surface area contributed by atoms with Crippen LogP contribution < -0.4 is 5.73 Å². The molecule has 0 heterocycles. The molecule has 0 saturated heterocycles. The van der Waals surface area contributed by atoms with Gasteiger partial charge in [0.2, 0.25) is 6.29 Å². The monoisotopic (exact) mass is 317 g/mol. The molecule has 0 amide bonds. The summed E-state index contributed by atoms with van der Waals surface area (Å²) in [5.41, 5.74) is 5.85. The van der Waals surface area contributed by atoms with E-state index in [-0.39, 0.29) is 17.8 Å². The van der Waals surface area contributed by atoms with E-state index in [1.807, 2.05) is 13.8 Å². The number of rotatable bonds is 9. The van der Waals surface area contributed by atoms with Crippen LogP contribution in [0.4, 0.5) is 0 Å². The zero-order valence-electron chi connectivity index (χ0n) is 16.0. The standard InChI is InChI=1S/C12H24O3.C6H15N/c1-5-8-11(6-2)10(4)15-12(7-3)14-9-13;1-5(7)6(2,3)4/h9-12H,5-8H2,1-4H3;5H,7H2,1-4H3. The zero-order chi connectivity index (χ0) is 17.8. The summed E-state index contributed by atoms with van der Waals surface area (Å²) < 4.78 is 10.5. The summed E-state index contributed by atoms with van der Waals surface area (Å²) in [6.45, 7) is 17.2. The molecule has 0 aromatic rings. The van der Waals surface area contributed by atoms with Crippen LogP contribution in [0.5, 0.6) is 0 Å². The molecule has 4 nitrogen and oxygen atoms in total. The average Bonchev–Trinajstić information content (AvgIpc) is 2.43. The minimum absolute atomic E-state index is 0.153. The summed E-state index contributed by atoms with van der Waals surface area (Å²) in [5.74, 6) is 0.555. The van der Waals surface area contributed by atoms with Gasteiger partial charge in [-0.25, -0.2) is 0 Å². The third kappa shape index (κ3) is 12.0. The second-order valence-electron chi connectivity index (χ2n) is 7.02. The van der Waals surface area contributed by atoms with Crippen LogP contribution in [0.3, 0.4) is 0 Å². The van der Waals surface area contributed by atoms with Gasteiger partial charge in [-0.3, -0.25) is 4.79 Å². The van der Waals surface area contributed by atoms with Crippen molar-refractivity contribution in [2.45, 2.75) is 99.5 Å². The predicted octanol–water partition coefficient (Wildman–Crippen LogP) is 4.51. The summed E-state index contributed by atoms with van der Waals surface area (Å²) in [6, 6.07) is 0.299. The molecule has 0 bridgehead atoms. The van der Waals surface area contributed by atoms with Gasteiger partial charge in [-0.15, -0.1) is 0 Å². The van der Waals surface area contributed by atoms with E-state index in [1.54, 1.807) is 0 Å². The number of carbonyl (C=O) groups excluding carboxylic acids is 1. The highest BCUT2D eigenvalue weighted by atomic mass is 16.7. The quantitative estimate of drug-likeness (QED) is 0.502. The summed E-state index contributed by atoms with van der Waals surface area (Å²) in [5, 5.41) is 0. The number of ether oxygens (including phenoxy) is 2. The molecule has 0 rings (SSSR count). The molecule has 0 spiro atoms. The Morgan fingerprint density at radius 1 is 1.09 bits per heavy atom. The molecule has 134 valence electrons. The van der Waals surface area contributed by atoms with Crippen LogP contribution in [0.2, 0.25) is 0 Å². The lowest BCUT2D eigenvalue weighted by molar-refractivity contribution is -0.181. The molecule has 0 aromatic heterocycles. The maximum absolute atomic E-state index is 10.2. The first-order valence-electron chi connectivity index (χ1n) is 8.63. The molecular formula is C18H39NO3. The first-order valence-corrected chi connectivity index (χ1v) is 8.63. The zero-order valence-corrected chi connectivity index (χ0v) is 16.0. The molecule has 0 radical (unpaired) electrons. The minimum atomic E-state index is -0.386. The Morgan fingerprint density at radius 3 is 1.86 bits per heavy atom. The second-order valence-corrected chi connectivity index (χ2v) is 7.02. The highest BCUT2D eigenvalue weighted by Gasteiger charge is 2.19. The van der Waals surface area contributed by atoms with Gasteiger partial charge in [-0.2, -0.15) is 0 Å². The fraction of sp³-hybridized carbons (Fsp3) is 0.944. The Kier molecular flexibility index (Phi) is 13.9. The lowest BCUT2D eigenvalue weighted by Gasteiger charge is -2.26. The van der Waals surface area contributed by atoms with E-state index in [9.17, 15) is 4.79 Å². The van der Waals surface area contributed by atoms with Crippen molar-refractivity contribution < 1.29 is 14.3 Å². The molecule has 0 saturated carbocycles. The molecule has 0 aliphatic rings. The molecule has 0 aromatic carbocycles. The largest absolute Gasteiger partial charge is 0.438 e. The van der Waals surface area contributed by atoms with Crippen molar-refractivity contribution in [3.05, 3.63) is 0 Å². The van der Waals surface area contributed by atoms with E-state index < -0.39 is 0 Å². The second kappa shape index (κ2) is 12.9. The smallest absolute Gasteiger partial charge is 0.295 e. The Bertz CT molecular complexity index is 262. The summed E-state index contributed by atoms with van der Waals surface area (Å²) in [4.78, 5) is 10.2. The van der Waals surface area contributed by atoms with Crippen LogP contribution >= 0.6 is 0 Å². The summed E-state index contributed by atoms with van der Waals surface area (Å²) in [6.07, 6.45) is 3.90. The van der Waals surface area contributed by atoms with Crippen molar-refractivity contribution >= 4 is 6.47 Å². The number of hydrogen-bond acceptors (Lipinski definition) is 4. The third-order valence-electron chi connectivity index (χ3n) is 4.12. The van der Waals surface area contributed by atoms with Gasteiger partial charge in [-0.05, 0) is 31.6 Å². The number of hydrogen-bond donors (Lipinski definition) is 1. The topological polar surface area (TPSA) is 61.6 Å². The van der Waals surface area contributed by atoms with Gasteiger partial charge >= 0.3 is 0 Å². The lowest BCUT2D eigenvalue weighted by atomic mass is 9.89. The summed E-state index contributed by atoms with van der Waals surface area (Å²) >= 11 is 0. The fourth-order valence-corrected chi connectivity index (χ4v) is 1.78. The van der Waals surface area contributed by atoms with Gasteiger partial charge in [0.25, 0.3) is 6.47 Å². The van der Waals surface area contributed by atoms with Crippen molar-refractivity contribution in [1.29, 1.82) is 0 Å². The van der Waals surface area contributed by atoms with Crippen LogP contribution in [0, 0.1) is 11.3 Å². The molecule has 0 aliphatic carbocycles. The van der Waals surface area contributed by atoms with Crippen LogP contribution in [-0.2, 0) is 14.3 Å².